The van der Waals surface area contributed by atoms with Gasteiger partial charge in [0.05, 0.1) is 11.4 Å². The van der Waals surface area contributed by atoms with E-state index >= 15 is 0 Å². The zero-order chi connectivity index (χ0) is 10.3. The summed E-state index contributed by atoms with van der Waals surface area (Å²) in [7, 11) is 0. The summed E-state index contributed by atoms with van der Waals surface area (Å²) in [5, 5.41) is 6.59. The lowest BCUT2D eigenvalue weighted by molar-refractivity contribution is 0.583. The number of fused-ring (bicyclic) bond motifs is 1. The fourth-order valence-electron chi connectivity index (χ4n) is 1.66. The van der Waals surface area contributed by atoms with Crippen molar-refractivity contribution in [2.24, 2.45) is 0 Å². The maximum absolute atomic E-state index is 13.2. The van der Waals surface area contributed by atoms with Crippen LogP contribution in [-0.4, -0.2) is 12.1 Å². The van der Waals surface area contributed by atoms with Crippen molar-refractivity contribution in [3.05, 3.63) is 23.5 Å². The third-order valence-electron chi connectivity index (χ3n) is 2.49. The van der Waals surface area contributed by atoms with Crippen molar-refractivity contribution < 1.29 is 4.39 Å². The Labute approximate surface area is 83.5 Å². The number of benzene rings is 1. The molecule has 1 heterocycles. The van der Waals surface area contributed by atoms with Crippen molar-refractivity contribution in [2.75, 3.05) is 17.2 Å². The maximum Gasteiger partial charge on any atom is 0.128 e. The van der Waals surface area contributed by atoms with Crippen LogP contribution in [0.1, 0.15) is 19.4 Å². The molecule has 1 aromatic carbocycles. The standard InChI is InChI=1S/C11H15FN2/c1-7-4-10-9(5-8(7)12)13-6-11(2,3)14-10/h4-5,13-14H,6H2,1-3H3. The van der Waals surface area contributed by atoms with E-state index in [0.29, 0.717) is 5.56 Å². The van der Waals surface area contributed by atoms with Crippen LogP contribution in [0.4, 0.5) is 15.8 Å². The quantitative estimate of drug-likeness (QED) is 0.663. The first-order valence-corrected chi connectivity index (χ1v) is 4.80. The van der Waals surface area contributed by atoms with Crippen molar-refractivity contribution in [3.63, 3.8) is 0 Å². The van der Waals surface area contributed by atoms with Gasteiger partial charge in [-0.2, -0.15) is 0 Å². The Morgan fingerprint density at radius 3 is 2.71 bits per heavy atom. The largest absolute Gasteiger partial charge is 0.381 e. The van der Waals surface area contributed by atoms with Gasteiger partial charge in [-0.25, -0.2) is 4.39 Å². The highest BCUT2D eigenvalue weighted by Gasteiger charge is 2.24. The molecule has 0 spiro atoms. The van der Waals surface area contributed by atoms with Gasteiger partial charge in [-0.15, -0.1) is 0 Å². The molecule has 0 atom stereocenters. The summed E-state index contributed by atoms with van der Waals surface area (Å²) in [6.45, 7) is 6.81. The number of hydrogen-bond acceptors (Lipinski definition) is 2. The molecule has 1 aliphatic heterocycles. The van der Waals surface area contributed by atoms with Crippen LogP contribution in [0.2, 0.25) is 0 Å². The van der Waals surface area contributed by atoms with E-state index in [1.165, 1.54) is 0 Å². The molecule has 2 nitrogen and oxygen atoms in total. The summed E-state index contributed by atoms with van der Waals surface area (Å²) in [5.41, 5.74) is 2.54. The fraction of sp³-hybridized carbons (Fsp3) is 0.455. The number of rotatable bonds is 0. The van der Waals surface area contributed by atoms with Crippen LogP contribution in [0.3, 0.4) is 0 Å². The van der Waals surface area contributed by atoms with Crippen molar-refractivity contribution in [3.8, 4) is 0 Å². The van der Waals surface area contributed by atoms with Gasteiger partial charge in [0.25, 0.3) is 0 Å². The van der Waals surface area contributed by atoms with Crippen LogP contribution < -0.4 is 10.6 Å². The van der Waals surface area contributed by atoms with Gasteiger partial charge in [-0.1, -0.05) is 0 Å². The van der Waals surface area contributed by atoms with Crippen LogP contribution in [0, 0.1) is 12.7 Å². The van der Waals surface area contributed by atoms with Crippen LogP contribution in [-0.2, 0) is 0 Å². The molecule has 0 aromatic heterocycles. The maximum atomic E-state index is 13.2. The molecule has 2 rings (SSSR count). The predicted molar refractivity (Wildman–Crippen MR) is 57.3 cm³/mol. The molecule has 1 aromatic rings. The van der Waals surface area contributed by atoms with E-state index in [0.717, 1.165) is 17.9 Å². The Morgan fingerprint density at radius 2 is 2.00 bits per heavy atom. The molecule has 0 saturated carbocycles. The van der Waals surface area contributed by atoms with E-state index < -0.39 is 0 Å². The lowest BCUT2D eigenvalue weighted by Crippen LogP contribution is -2.42. The van der Waals surface area contributed by atoms with E-state index in [1.54, 1.807) is 13.0 Å². The van der Waals surface area contributed by atoms with Gasteiger partial charge in [0.1, 0.15) is 5.82 Å². The van der Waals surface area contributed by atoms with Crippen molar-refractivity contribution >= 4 is 11.4 Å². The summed E-state index contributed by atoms with van der Waals surface area (Å²) < 4.78 is 13.2. The first kappa shape index (κ1) is 9.31. The monoisotopic (exact) mass is 194 g/mol. The van der Waals surface area contributed by atoms with Crippen molar-refractivity contribution in [1.29, 1.82) is 0 Å². The highest BCUT2D eigenvalue weighted by molar-refractivity contribution is 5.73. The average Bonchev–Trinajstić information content (AvgIpc) is 2.07. The second-order valence-electron chi connectivity index (χ2n) is 4.51. The van der Waals surface area contributed by atoms with E-state index in [9.17, 15) is 4.39 Å². The minimum atomic E-state index is -0.155. The molecule has 76 valence electrons. The molecule has 0 fully saturated rings. The third kappa shape index (κ3) is 1.54. The molecular weight excluding hydrogens is 179 g/mol. The molecule has 0 radical (unpaired) electrons. The number of aryl methyl sites for hydroxylation is 1. The molecule has 0 saturated heterocycles. The van der Waals surface area contributed by atoms with Crippen molar-refractivity contribution in [1.82, 2.24) is 0 Å². The van der Waals surface area contributed by atoms with Crippen LogP contribution in [0.15, 0.2) is 12.1 Å². The van der Waals surface area contributed by atoms with Gasteiger partial charge >= 0.3 is 0 Å². The average molecular weight is 194 g/mol. The van der Waals surface area contributed by atoms with Gasteiger partial charge in [0, 0.05) is 12.1 Å². The minimum Gasteiger partial charge on any atom is -0.381 e. The van der Waals surface area contributed by atoms with Crippen LogP contribution >= 0.6 is 0 Å². The fourth-order valence-corrected chi connectivity index (χ4v) is 1.66. The number of halogens is 1. The summed E-state index contributed by atoms with van der Waals surface area (Å²) in [4.78, 5) is 0. The lowest BCUT2D eigenvalue weighted by atomic mass is 10.0. The molecule has 0 aliphatic carbocycles. The summed E-state index contributed by atoms with van der Waals surface area (Å²) >= 11 is 0. The normalized spacial score (nSPS) is 18.0. The zero-order valence-electron chi connectivity index (χ0n) is 8.74. The second-order valence-corrected chi connectivity index (χ2v) is 4.51. The molecule has 0 bridgehead atoms. The van der Waals surface area contributed by atoms with E-state index in [4.69, 9.17) is 0 Å². The third-order valence-corrected chi connectivity index (χ3v) is 2.49. The molecule has 3 heteroatoms. The van der Waals surface area contributed by atoms with E-state index in [1.807, 2.05) is 6.07 Å². The molecule has 2 N–H and O–H groups in total. The van der Waals surface area contributed by atoms with Crippen LogP contribution in [0.5, 0.6) is 0 Å². The van der Waals surface area contributed by atoms with E-state index in [-0.39, 0.29) is 11.4 Å². The topological polar surface area (TPSA) is 24.1 Å². The Balaban J connectivity index is 2.43. The summed E-state index contributed by atoms with van der Waals surface area (Å²) in [6, 6.07) is 3.39. The molecule has 14 heavy (non-hydrogen) atoms. The number of hydrogen-bond donors (Lipinski definition) is 2. The first-order valence-electron chi connectivity index (χ1n) is 4.80. The van der Waals surface area contributed by atoms with Gasteiger partial charge in [0.2, 0.25) is 0 Å². The minimum absolute atomic E-state index is 0.0251. The van der Waals surface area contributed by atoms with Crippen LogP contribution in [0.25, 0.3) is 0 Å². The Hall–Kier alpha value is -1.25. The number of anilines is 2. The second kappa shape index (κ2) is 2.87. The number of nitrogens with one attached hydrogen (secondary N) is 2. The molecule has 1 aliphatic rings. The molecular formula is C11H15FN2. The Morgan fingerprint density at radius 1 is 1.29 bits per heavy atom. The van der Waals surface area contributed by atoms with Gasteiger partial charge in [-0.3, -0.25) is 0 Å². The highest BCUT2D eigenvalue weighted by atomic mass is 19.1. The van der Waals surface area contributed by atoms with E-state index in [2.05, 4.69) is 24.5 Å². The predicted octanol–water partition coefficient (Wildman–Crippen LogP) is 2.75. The van der Waals surface area contributed by atoms with Crippen molar-refractivity contribution in [2.45, 2.75) is 26.3 Å². The first-order chi connectivity index (χ1) is 6.48. The Kier molecular flexibility index (Phi) is 1.91. The van der Waals surface area contributed by atoms with Gasteiger partial charge in [-0.05, 0) is 38.5 Å². The summed E-state index contributed by atoms with van der Waals surface area (Å²) in [5.74, 6) is -0.155. The lowest BCUT2D eigenvalue weighted by Gasteiger charge is -2.34. The molecule has 0 unspecified atom stereocenters. The van der Waals surface area contributed by atoms with Gasteiger partial charge in [0.15, 0.2) is 0 Å². The highest BCUT2D eigenvalue weighted by Crippen LogP contribution is 2.31. The zero-order valence-corrected chi connectivity index (χ0v) is 8.74. The van der Waals surface area contributed by atoms with Gasteiger partial charge < -0.3 is 10.6 Å². The summed E-state index contributed by atoms with van der Waals surface area (Å²) in [6.07, 6.45) is 0. The Bertz CT molecular complexity index is 372. The SMILES string of the molecule is Cc1cc2c(cc1F)NCC(C)(C)N2. The smallest absolute Gasteiger partial charge is 0.128 e. The molecule has 0 amide bonds.